The number of likely N-dealkylation sites (N-methyl/N-ethyl adjacent to an activating group) is 1. The number of hydrogen-bond acceptors (Lipinski definition) is 3. The van der Waals surface area contributed by atoms with Gasteiger partial charge in [0.15, 0.2) is 0 Å². The Morgan fingerprint density at radius 1 is 1.24 bits per heavy atom. The summed E-state index contributed by atoms with van der Waals surface area (Å²) in [6.45, 7) is 2.86. The van der Waals surface area contributed by atoms with Gasteiger partial charge >= 0.3 is 0 Å². The van der Waals surface area contributed by atoms with Crippen LogP contribution in [0.15, 0.2) is 0 Å². The molecular weight excluding hydrogens is 280 g/mol. The molecule has 2 rings (SSSR count). The van der Waals surface area contributed by atoms with Crippen LogP contribution in [0.4, 0.5) is 8.78 Å². The molecule has 0 radical (unpaired) electrons. The van der Waals surface area contributed by atoms with Gasteiger partial charge in [-0.25, -0.2) is 8.78 Å². The molecule has 0 bridgehead atoms. The minimum atomic E-state index is -2.63. The van der Waals surface area contributed by atoms with Gasteiger partial charge in [0.05, 0.1) is 6.54 Å². The Kier molecular flexibility index (Phi) is 5.13. The number of rotatable bonds is 3. The van der Waals surface area contributed by atoms with Gasteiger partial charge in [0, 0.05) is 52.0 Å². The van der Waals surface area contributed by atoms with Crippen molar-refractivity contribution in [3.63, 3.8) is 0 Å². The molecule has 5 nitrogen and oxygen atoms in total. The molecule has 0 aromatic rings. The molecule has 1 heterocycles. The third-order valence-electron chi connectivity index (χ3n) is 4.28. The number of nitrogens with zero attached hydrogens (tertiary/aromatic N) is 2. The monoisotopic (exact) mass is 303 g/mol. The number of piperazine rings is 1. The van der Waals surface area contributed by atoms with Crippen LogP contribution in [0.1, 0.15) is 25.7 Å². The number of alkyl halides is 2. The molecule has 0 aromatic carbocycles. The van der Waals surface area contributed by atoms with Crippen molar-refractivity contribution in [1.82, 2.24) is 15.1 Å². The average Bonchev–Trinajstić information content (AvgIpc) is 2.47. The summed E-state index contributed by atoms with van der Waals surface area (Å²) >= 11 is 0. The standard InChI is InChI=1S/C14H23F2N3O2/c1-18(10-12(20)19-8-6-17-7-9-19)13(21)11-2-4-14(15,16)5-3-11/h11,17H,2-10H2,1H3. The summed E-state index contributed by atoms with van der Waals surface area (Å²) in [5, 5.41) is 3.16. The molecule has 1 aliphatic heterocycles. The molecule has 1 N–H and O–H groups in total. The Labute approximate surface area is 123 Å². The number of halogens is 2. The number of nitrogens with one attached hydrogen (secondary N) is 1. The molecule has 2 fully saturated rings. The summed E-state index contributed by atoms with van der Waals surface area (Å²) in [5.41, 5.74) is 0. The molecule has 1 saturated heterocycles. The zero-order valence-electron chi connectivity index (χ0n) is 12.4. The van der Waals surface area contributed by atoms with Gasteiger partial charge in [-0.1, -0.05) is 0 Å². The lowest BCUT2D eigenvalue weighted by molar-refractivity contribution is -0.144. The smallest absolute Gasteiger partial charge is 0.248 e. The second-order valence-corrected chi connectivity index (χ2v) is 5.96. The van der Waals surface area contributed by atoms with Gasteiger partial charge in [-0.15, -0.1) is 0 Å². The van der Waals surface area contributed by atoms with Crippen molar-refractivity contribution < 1.29 is 18.4 Å². The number of hydrogen-bond donors (Lipinski definition) is 1. The molecular formula is C14H23F2N3O2. The van der Waals surface area contributed by atoms with E-state index in [0.29, 0.717) is 13.1 Å². The van der Waals surface area contributed by atoms with Crippen LogP contribution in [-0.4, -0.2) is 67.3 Å². The normalized spacial score (nSPS) is 22.9. The molecule has 0 aromatic heterocycles. The minimum absolute atomic E-state index is 0.0335. The Balaban J connectivity index is 1.81. The average molecular weight is 303 g/mol. The zero-order chi connectivity index (χ0) is 15.5. The van der Waals surface area contributed by atoms with Crippen LogP contribution < -0.4 is 5.32 Å². The van der Waals surface area contributed by atoms with Crippen molar-refractivity contribution in [3.05, 3.63) is 0 Å². The molecule has 0 spiro atoms. The van der Waals surface area contributed by atoms with Gasteiger partial charge in [-0.2, -0.15) is 0 Å². The quantitative estimate of drug-likeness (QED) is 0.835. The molecule has 120 valence electrons. The van der Waals surface area contributed by atoms with Gasteiger partial charge in [0.25, 0.3) is 0 Å². The second kappa shape index (κ2) is 6.68. The lowest BCUT2D eigenvalue weighted by Gasteiger charge is -2.32. The van der Waals surface area contributed by atoms with E-state index in [9.17, 15) is 18.4 Å². The summed E-state index contributed by atoms with van der Waals surface area (Å²) in [6, 6.07) is 0. The molecule has 21 heavy (non-hydrogen) atoms. The van der Waals surface area contributed by atoms with Crippen LogP contribution in [0.2, 0.25) is 0 Å². The van der Waals surface area contributed by atoms with Gasteiger partial charge < -0.3 is 15.1 Å². The van der Waals surface area contributed by atoms with Gasteiger partial charge in [0.1, 0.15) is 0 Å². The topological polar surface area (TPSA) is 52.7 Å². The van der Waals surface area contributed by atoms with Crippen molar-refractivity contribution in [1.29, 1.82) is 0 Å². The Morgan fingerprint density at radius 3 is 2.38 bits per heavy atom. The summed E-state index contributed by atoms with van der Waals surface area (Å²) < 4.78 is 26.2. The van der Waals surface area contributed by atoms with Crippen molar-refractivity contribution in [3.8, 4) is 0 Å². The molecule has 2 amide bonds. The number of amides is 2. The highest BCUT2D eigenvalue weighted by atomic mass is 19.3. The molecule has 1 aliphatic carbocycles. The van der Waals surface area contributed by atoms with E-state index < -0.39 is 5.92 Å². The second-order valence-electron chi connectivity index (χ2n) is 5.96. The van der Waals surface area contributed by atoms with Crippen LogP contribution in [-0.2, 0) is 9.59 Å². The molecule has 0 unspecified atom stereocenters. The van der Waals surface area contributed by atoms with Crippen LogP contribution in [0.3, 0.4) is 0 Å². The summed E-state index contributed by atoms with van der Waals surface area (Å²) in [4.78, 5) is 27.4. The molecule has 0 atom stereocenters. The minimum Gasteiger partial charge on any atom is -0.339 e. The van der Waals surface area contributed by atoms with E-state index in [4.69, 9.17) is 0 Å². The first-order valence-electron chi connectivity index (χ1n) is 7.50. The third kappa shape index (κ3) is 4.36. The highest BCUT2D eigenvalue weighted by Gasteiger charge is 2.38. The lowest BCUT2D eigenvalue weighted by atomic mass is 9.86. The third-order valence-corrected chi connectivity index (χ3v) is 4.28. The van der Waals surface area contributed by atoms with E-state index in [-0.39, 0.29) is 50.0 Å². The summed E-state index contributed by atoms with van der Waals surface area (Å²) in [7, 11) is 1.58. The van der Waals surface area contributed by atoms with E-state index in [2.05, 4.69) is 5.32 Å². The van der Waals surface area contributed by atoms with E-state index in [0.717, 1.165) is 13.1 Å². The maximum absolute atomic E-state index is 13.1. The number of carbonyl (C=O) groups is 2. The predicted octanol–water partition coefficient (Wildman–Crippen LogP) is 0.702. The zero-order valence-corrected chi connectivity index (χ0v) is 12.4. The van der Waals surface area contributed by atoms with Crippen molar-refractivity contribution in [2.24, 2.45) is 5.92 Å². The fourth-order valence-electron chi connectivity index (χ4n) is 2.89. The van der Waals surface area contributed by atoms with Gasteiger partial charge in [0.2, 0.25) is 17.7 Å². The van der Waals surface area contributed by atoms with Crippen molar-refractivity contribution in [2.75, 3.05) is 39.8 Å². The Hall–Kier alpha value is -1.24. The lowest BCUT2D eigenvalue weighted by Crippen LogP contribution is -2.50. The SMILES string of the molecule is CN(CC(=O)N1CCNCC1)C(=O)C1CCC(F)(F)CC1. The van der Waals surface area contributed by atoms with Crippen molar-refractivity contribution >= 4 is 11.8 Å². The summed E-state index contributed by atoms with van der Waals surface area (Å²) in [5.74, 6) is -3.26. The van der Waals surface area contributed by atoms with Crippen LogP contribution in [0.5, 0.6) is 0 Å². The highest BCUT2D eigenvalue weighted by Crippen LogP contribution is 2.36. The highest BCUT2D eigenvalue weighted by molar-refractivity contribution is 5.85. The van der Waals surface area contributed by atoms with Crippen LogP contribution >= 0.6 is 0 Å². The van der Waals surface area contributed by atoms with Gasteiger partial charge in [-0.05, 0) is 12.8 Å². The molecule has 1 saturated carbocycles. The van der Waals surface area contributed by atoms with E-state index in [1.807, 2.05) is 0 Å². The first-order chi connectivity index (χ1) is 9.89. The number of carbonyl (C=O) groups excluding carboxylic acids is 2. The molecule has 2 aliphatic rings. The van der Waals surface area contributed by atoms with E-state index in [1.165, 1.54) is 4.90 Å². The maximum Gasteiger partial charge on any atom is 0.248 e. The first kappa shape index (κ1) is 16.1. The summed E-state index contributed by atoms with van der Waals surface area (Å²) in [6.07, 6.45) is -0.0536. The van der Waals surface area contributed by atoms with Crippen LogP contribution in [0, 0.1) is 5.92 Å². The maximum atomic E-state index is 13.1. The Bertz CT molecular complexity index is 388. The first-order valence-corrected chi connectivity index (χ1v) is 7.50. The fraction of sp³-hybridized carbons (Fsp3) is 0.857. The Morgan fingerprint density at radius 2 is 1.81 bits per heavy atom. The van der Waals surface area contributed by atoms with Gasteiger partial charge in [-0.3, -0.25) is 9.59 Å². The van der Waals surface area contributed by atoms with Crippen molar-refractivity contribution in [2.45, 2.75) is 31.6 Å². The fourth-order valence-corrected chi connectivity index (χ4v) is 2.89. The van der Waals surface area contributed by atoms with E-state index >= 15 is 0 Å². The largest absolute Gasteiger partial charge is 0.339 e. The molecule has 7 heteroatoms. The van der Waals surface area contributed by atoms with E-state index in [1.54, 1.807) is 11.9 Å². The van der Waals surface area contributed by atoms with Crippen LogP contribution in [0.25, 0.3) is 0 Å². The predicted molar refractivity (Wildman–Crippen MR) is 74.0 cm³/mol.